The smallest absolute Gasteiger partial charge is 0.335 e. The maximum absolute atomic E-state index is 13.5. The molecule has 0 heterocycles. The molecule has 0 aliphatic rings. The van der Waals surface area contributed by atoms with Crippen molar-refractivity contribution in [3.05, 3.63) is 105 Å². The molecule has 0 unspecified atom stereocenters. The minimum absolute atomic E-state index is 0.151. The van der Waals surface area contributed by atoms with Gasteiger partial charge in [-0.05, 0) is 66.4 Å². The van der Waals surface area contributed by atoms with Crippen LogP contribution in [-0.2, 0) is 6.42 Å². The summed E-state index contributed by atoms with van der Waals surface area (Å²) in [7, 11) is 0. The number of aromatic carboxylic acids is 1. The standard InChI is InChI=1S/C23H19ClFNO3/c1-14(16-5-3-6-18(12-16)23(28)29)26-22(27)21-13-19(24)9-8-17(21)10-15-4-2-7-20(25)11-15/h2-9,11-14H,10H2,1H3,(H,26,27)(H,28,29)/t14-/m0/s1. The summed E-state index contributed by atoms with van der Waals surface area (Å²) < 4.78 is 13.5. The van der Waals surface area contributed by atoms with Crippen LogP contribution in [0.4, 0.5) is 4.39 Å². The van der Waals surface area contributed by atoms with Gasteiger partial charge < -0.3 is 10.4 Å². The molecule has 3 aromatic rings. The fourth-order valence-electron chi connectivity index (χ4n) is 3.08. The van der Waals surface area contributed by atoms with Crippen molar-refractivity contribution in [2.75, 3.05) is 0 Å². The molecule has 0 saturated carbocycles. The van der Waals surface area contributed by atoms with Gasteiger partial charge in [-0.2, -0.15) is 0 Å². The second kappa shape index (κ2) is 8.88. The molecule has 1 atom stereocenters. The molecule has 3 rings (SSSR count). The number of carboxylic acids is 1. The molecule has 0 aromatic heterocycles. The van der Waals surface area contributed by atoms with E-state index in [0.29, 0.717) is 28.1 Å². The molecule has 0 radical (unpaired) electrons. The van der Waals surface area contributed by atoms with E-state index in [9.17, 15) is 14.0 Å². The number of nitrogens with one attached hydrogen (secondary N) is 1. The molecule has 0 spiro atoms. The number of amides is 1. The third kappa shape index (κ3) is 5.21. The summed E-state index contributed by atoms with van der Waals surface area (Å²) in [6.07, 6.45) is 0.376. The molecule has 0 bridgehead atoms. The number of rotatable bonds is 6. The van der Waals surface area contributed by atoms with Crippen molar-refractivity contribution in [3.8, 4) is 0 Å². The minimum Gasteiger partial charge on any atom is -0.478 e. The van der Waals surface area contributed by atoms with E-state index >= 15 is 0 Å². The van der Waals surface area contributed by atoms with Crippen LogP contribution in [0, 0.1) is 5.82 Å². The zero-order valence-electron chi connectivity index (χ0n) is 15.7. The van der Waals surface area contributed by atoms with Gasteiger partial charge >= 0.3 is 5.97 Å². The van der Waals surface area contributed by atoms with Gasteiger partial charge in [-0.25, -0.2) is 9.18 Å². The average Bonchev–Trinajstić information content (AvgIpc) is 2.69. The Labute approximate surface area is 173 Å². The summed E-state index contributed by atoms with van der Waals surface area (Å²) in [4.78, 5) is 24.1. The van der Waals surface area contributed by atoms with Crippen molar-refractivity contribution in [2.45, 2.75) is 19.4 Å². The Morgan fingerprint density at radius 3 is 2.55 bits per heavy atom. The first kappa shape index (κ1) is 20.6. The van der Waals surface area contributed by atoms with Crippen LogP contribution >= 0.6 is 11.6 Å². The van der Waals surface area contributed by atoms with Crippen LogP contribution in [0.2, 0.25) is 5.02 Å². The van der Waals surface area contributed by atoms with Crippen molar-refractivity contribution in [1.29, 1.82) is 0 Å². The van der Waals surface area contributed by atoms with E-state index in [4.69, 9.17) is 16.7 Å². The highest BCUT2D eigenvalue weighted by atomic mass is 35.5. The lowest BCUT2D eigenvalue weighted by Gasteiger charge is -2.17. The summed E-state index contributed by atoms with van der Waals surface area (Å²) in [5.41, 5.74) is 2.67. The first-order valence-corrected chi connectivity index (χ1v) is 9.38. The van der Waals surface area contributed by atoms with Crippen molar-refractivity contribution in [2.24, 2.45) is 0 Å². The van der Waals surface area contributed by atoms with Gasteiger partial charge in [0.05, 0.1) is 11.6 Å². The van der Waals surface area contributed by atoms with Crippen LogP contribution in [0.1, 0.15) is 50.4 Å². The molecule has 4 nitrogen and oxygen atoms in total. The van der Waals surface area contributed by atoms with E-state index in [0.717, 1.165) is 5.56 Å². The Balaban J connectivity index is 1.84. The molecule has 3 aromatic carbocycles. The number of benzene rings is 3. The molecule has 6 heteroatoms. The van der Waals surface area contributed by atoms with Gasteiger partial charge in [-0.3, -0.25) is 4.79 Å². The fraction of sp³-hybridized carbons (Fsp3) is 0.130. The van der Waals surface area contributed by atoms with Gasteiger partial charge in [0.25, 0.3) is 5.91 Å². The molecule has 0 fully saturated rings. The third-order valence-corrected chi connectivity index (χ3v) is 4.82. The summed E-state index contributed by atoms with van der Waals surface area (Å²) in [6, 6.07) is 17.2. The summed E-state index contributed by atoms with van der Waals surface area (Å²) in [5.74, 6) is -1.71. The predicted octanol–water partition coefficient (Wildman–Crippen LogP) is 5.26. The lowest BCUT2D eigenvalue weighted by atomic mass is 9.98. The fourth-order valence-corrected chi connectivity index (χ4v) is 3.25. The number of carbonyl (C=O) groups excluding carboxylic acids is 1. The second-order valence-corrected chi connectivity index (χ2v) is 7.17. The lowest BCUT2D eigenvalue weighted by molar-refractivity contribution is 0.0696. The molecule has 1 amide bonds. The van der Waals surface area contributed by atoms with Gasteiger partial charge in [-0.15, -0.1) is 0 Å². The quantitative estimate of drug-likeness (QED) is 0.581. The zero-order chi connectivity index (χ0) is 21.0. The van der Waals surface area contributed by atoms with Crippen LogP contribution in [0.3, 0.4) is 0 Å². The van der Waals surface area contributed by atoms with Gasteiger partial charge in [0, 0.05) is 10.6 Å². The topological polar surface area (TPSA) is 66.4 Å². The summed E-state index contributed by atoms with van der Waals surface area (Å²) in [6.45, 7) is 1.77. The molecule has 148 valence electrons. The van der Waals surface area contributed by atoms with Crippen molar-refractivity contribution < 1.29 is 19.1 Å². The Bertz CT molecular complexity index is 1070. The Hall–Kier alpha value is -3.18. The van der Waals surface area contributed by atoms with Gasteiger partial charge in [0.2, 0.25) is 0 Å². The maximum Gasteiger partial charge on any atom is 0.335 e. The largest absolute Gasteiger partial charge is 0.478 e. The van der Waals surface area contributed by atoms with Gasteiger partial charge in [0.1, 0.15) is 5.82 Å². The average molecular weight is 412 g/mol. The number of carbonyl (C=O) groups is 2. The molecule has 0 saturated heterocycles. The first-order chi connectivity index (χ1) is 13.8. The van der Waals surface area contributed by atoms with Crippen LogP contribution in [0.15, 0.2) is 66.7 Å². The Kier molecular flexibility index (Phi) is 6.29. The molecular weight excluding hydrogens is 393 g/mol. The molecule has 2 N–H and O–H groups in total. The van der Waals surface area contributed by atoms with Crippen LogP contribution in [0.25, 0.3) is 0 Å². The van der Waals surface area contributed by atoms with Gasteiger partial charge in [0.15, 0.2) is 0 Å². The van der Waals surface area contributed by atoms with Gasteiger partial charge in [-0.1, -0.05) is 41.9 Å². The lowest BCUT2D eigenvalue weighted by Crippen LogP contribution is -2.27. The van der Waals surface area contributed by atoms with E-state index < -0.39 is 12.0 Å². The SMILES string of the molecule is C[C@H](NC(=O)c1cc(Cl)ccc1Cc1cccc(F)c1)c1cccc(C(=O)O)c1. The number of halogens is 2. The molecule has 29 heavy (non-hydrogen) atoms. The van der Waals surface area contributed by atoms with Crippen molar-refractivity contribution >= 4 is 23.5 Å². The Morgan fingerprint density at radius 2 is 1.83 bits per heavy atom. The molecular formula is C23H19ClFNO3. The number of carboxylic acid groups (broad SMARTS) is 1. The third-order valence-electron chi connectivity index (χ3n) is 4.58. The van der Waals surface area contributed by atoms with Crippen molar-refractivity contribution in [1.82, 2.24) is 5.32 Å². The van der Waals surface area contributed by atoms with E-state index in [2.05, 4.69) is 5.32 Å². The maximum atomic E-state index is 13.5. The van der Waals surface area contributed by atoms with E-state index in [1.165, 1.54) is 24.3 Å². The van der Waals surface area contributed by atoms with Crippen molar-refractivity contribution in [3.63, 3.8) is 0 Å². The normalized spacial score (nSPS) is 11.7. The number of hydrogen-bond donors (Lipinski definition) is 2. The first-order valence-electron chi connectivity index (χ1n) is 9.00. The zero-order valence-corrected chi connectivity index (χ0v) is 16.4. The molecule has 0 aliphatic heterocycles. The summed E-state index contributed by atoms with van der Waals surface area (Å²) >= 11 is 6.09. The highest BCUT2D eigenvalue weighted by Gasteiger charge is 2.17. The highest BCUT2D eigenvalue weighted by Crippen LogP contribution is 2.22. The monoisotopic (exact) mass is 411 g/mol. The Morgan fingerprint density at radius 1 is 1.07 bits per heavy atom. The molecule has 0 aliphatic carbocycles. The summed E-state index contributed by atoms with van der Waals surface area (Å²) in [5, 5.41) is 12.4. The van der Waals surface area contributed by atoms with E-state index in [1.807, 2.05) is 0 Å². The van der Waals surface area contributed by atoms with Crippen LogP contribution in [0.5, 0.6) is 0 Å². The van der Waals surface area contributed by atoms with E-state index in [-0.39, 0.29) is 17.3 Å². The highest BCUT2D eigenvalue weighted by molar-refractivity contribution is 6.31. The number of hydrogen-bond acceptors (Lipinski definition) is 2. The predicted molar refractivity (Wildman–Crippen MR) is 110 cm³/mol. The van der Waals surface area contributed by atoms with Crippen LogP contribution < -0.4 is 5.32 Å². The van der Waals surface area contributed by atoms with E-state index in [1.54, 1.807) is 49.4 Å². The second-order valence-electron chi connectivity index (χ2n) is 6.73. The minimum atomic E-state index is -1.03. The van der Waals surface area contributed by atoms with Crippen LogP contribution in [-0.4, -0.2) is 17.0 Å².